The fourth-order valence-electron chi connectivity index (χ4n) is 3.30. The van der Waals surface area contributed by atoms with Gasteiger partial charge < -0.3 is 19.7 Å². The van der Waals surface area contributed by atoms with E-state index in [9.17, 15) is 9.59 Å². The lowest BCUT2D eigenvalue weighted by atomic mass is 9.92. The summed E-state index contributed by atoms with van der Waals surface area (Å²) in [6.45, 7) is 0.619. The highest BCUT2D eigenvalue weighted by atomic mass is 16.6. The number of esters is 1. The average molecular weight is 342 g/mol. The number of nitrogens with one attached hydrogen (secondary N) is 1. The Bertz CT molecular complexity index is 726. The molecule has 2 unspecified atom stereocenters. The van der Waals surface area contributed by atoms with Crippen LogP contribution in [0.25, 0.3) is 5.69 Å². The van der Waals surface area contributed by atoms with Crippen molar-refractivity contribution in [2.75, 3.05) is 0 Å². The summed E-state index contributed by atoms with van der Waals surface area (Å²) >= 11 is 0. The Kier molecular flexibility index (Phi) is 5.50. The molecule has 0 saturated heterocycles. The van der Waals surface area contributed by atoms with E-state index in [2.05, 4.69) is 9.88 Å². The minimum absolute atomic E-state index is 0.0313. The van der Waals surface area contributed by atoms with Crippen LogP contribution in [-0.4, -0.2) is 33.8 Å². The highest BCUT2D eigenvalue weighted by molar-refractivity contribution is 6.28. The number of carboxylic acids is 1. The molecule has 0 radical (unpaired) electrons. The summed E-state index contributed by atoms with van der Waals surface area (Å²) in [5, 5.41) is 12.2. The Morgan fingerprint density at radius 1 is 1.12 bits per heavy atom. The van der Waals surface area contributed by atoms with Gasteiger partial charge in [0.15, 0.2) is 0 Å². The van der Waals surface area contributed by atoms with Crippen LogP contribution in [0.5, 0.6) is 0 Å². The second-order valence-corrected chi connectivity index (χ2v) is 6.23. The third kappa shape index (κ3) is 4.28. The highest BCUT2D eigenvalue weighted by Gasteiger charge is 2.30. The van der Waals surface area contributed by atoms with E-state index >= 15 is 0 Å². The number of rotatable bonds is 5. The van der Waals surface area contributed by atoms with Crippen molar-refractivity contribution in [1.29, 1.82) is 0 Å². The van der Waals surface area contributed by atoms with Crippen LogP contribution in [0.2, 0.25) is 0 Å². The van der Waals surface area contributed by atoms with Gasteiger partial charge in [0.1, 0.15) is 6.10 Å². The third-order valence-electron chi connectivity index (χ3n) is 4.55. The summed E-state index contributed by atoms with van der Waals surface area (Å²) in [4.78, 5) is 22.1. The number of ether oxygens (including phenoxy) is 1. The van der Waals surface area contributed by atoms with Crippen LogP contribution in [0.15, 0.2) is 48.7 Å². The van der Waals surface area contributed by atoms with Crippen LogP contribution in [-0.2, 0) is 20.9 Å². The van der Waals surface area contributed by atoms with Gasteiger partial charge in [-0.2, -0.15) is 0 Å². The lowest BCUT2D eigenvalue weighted by Gasteiger charge is -2.31. The molecular weight excluding hydrogens is 320 g/mol. The lowest BCUT2D eigenvalue weighted by molar-refractivity contribution is -0.169. The normalized spacial score (nSPS) is 20.2. The molecular formula is C19H22N2O4. The van der Waals surface area contributed by atoms with E-state index in [1.165, 1.54) is 0 Å². The molecule has 2 aromatic rings. The number of benzene rings is 1. The molecule has 0 aliphatic heterocycles. The number of aromatic nitrogens is 1. The number of para-hydroxylation sites is 1. The third-order valence-corrected chi connectivity index (χ3v) is 4.55. The number of hydrogen-bond donors (Lipinski definition) is 2. The maximum atomic E-state index is 11.4. The van der Waals surface area contributed by atoms with Crippen molar-refractivity contribution in [3.8, 4) is 5.69 Å². The second kappa shape index (κ2) is 7.98. The molecule has 1 saturated carbocycles. The molecule has 1 aromatic carbocycles. The Balaban J connectivity index is 1.65. The number of carbonyl (C=O) groups is 2. The molecule has 0 amide bonds. The minimum atomic E-state index is -1.54. The summed E-state index contributed by atoms with van der Waals surface area (Å²) in [5.74, 6) is -2.71. The number of nitrogens with zero attached hydrogens (tertiary/aromatic N) is 1. The van der Waals surface area contributed by atoms with E-state index in [1.54, 1.807) is 0 Å². The Morgan fingerprint density at radius 3 is 2.64 bits per heavy atom. The lowest BCUT2D eigenvalue weighted by Crippen LogP contribution is -2.45. The van der Waals surface area contributed by atoms with Gasteiger partial charge in [-0.05, 0) is 43.5 Å². The summed E-state index contributed by atoms with van der Waals surface area (Å²) in [6, 6.07) is 14.1. The Morgan fingerprint density at radius 2 is 1.88 bits per heavy atom. The maximum Gasteiger partial charge on any atom is 0.417 e. The standard InChI is InChI=1S/C19H22N2O4/c22-18(23)19(24)25-17-11-5-4-10-16(17)20-13-15-9-6-12-21(15)14-7-2-1-3-8-14/h1-3,6-9,12,16-17,20H,4-5,10-11,13H2,(H,22,23). The number of carbonyl (C=O) groups excluding carboxylic acids is 1. The maximum absolute atomic E-state index is 11.4. The topological polar surface area (TPSA) is 80.6 Å². The second-order valence-electron chi connectivity index (χ2n) is 6.23. The summed E-state index contributed by atoms with van der Waals surface area (Å²) < 4.78 is 7.25. The van der Waals surface area contributed by atoms with E-state index < -0.39 is 18.0 Å². The predicted molar refractivity (Wildman–Crippen MR) is 92.4 cm³/mol. The smallest absolute Gasteiger partial charge is 0.417 e. The van der Waals surface area contributed by atoms with Gasteiger partial charge in [0.2, 0.25) is 0 Å². The molecule has 3 rings (SSSR count). The van der Waals surface area contributed by atoms with Crippen molar-refractivity contribution in [1.82, 2.24) is 9.88 Å². The highest BCUT2D eigenvalue weighted by Crippen LogP contribution is 2.22. The summed E-state index contributed by atoms with van der Waals surface area (Å²) in [7, 11) is 0. The van der Waals surface area contributed by atoms with Crippen LogP contribution in [0.3, 0.4) is 0 Å². The first-order valence-electron chi connectivity index (χ1n) is 8.54. The first kappa shape index (κ1) is 17.2. The van der Waals surface area contributed by atoms with Crippen molar-refractivity contribution in [3.63, 3.8) is 0 Å². The van der Waals surface area contributed by atoms with E-state index in [0.717, 1.165) is 30.6 Å². The first-order chi connectivity index (χ1) is 12.1. The minimum Gasteiger partial charge on any atom is -0.473 e. The molecule has 0 bridgehead atoms. The van der Waals surface area contributed by atoms with Crippen molar-refractivity contribution in [2.45, 2.75) is 44.4 Å². The number of hydrogen-bond acceptors (Lipinski definition) is 4. The molecule has 1 fully saturated rings. The molecule has 132 valence electrons. The SMILES string of the molecule is O=C(O)C(=O)OC1CCCCC1NCc1cccn1-c1ccccc1. The van der Waals surface area contributed by atoms with Gasteiger partial charge in [-0.15, -0.1) is 0 Å². The van der Waals surface area contributed by atoms with E-state index in [-0.39, 0.29) is 6.04 Å². The zero-order valence-electron chi connectivity index (χ0n) is 13.9. The molecule has 2 N–H and O–H groups in total. The molecule has 2 atom stereocenters. The average Bonchev–Trinajstić information content (AvgIpc) is 3.10. The zero-order chi connectivity index (χ0) is 17.6. The number of carboxylic acid groups (broad SMARTS) is 1. The van der Waals surface area contributed by atoms with E-state index in [4.69, 9.17) is 9.84 Å². The Hall–Kier alpha value is -2.60. The summed E-state index contributed by atoms with van der Waals surface area (Å²) in [5.41, 5.74) is 2.18. The van der Waals surface area contributed by atoms with Crippen molar-refractivity contribution in [2.24, 2.45) is 0 Å². The van der Waals surface area contributed by atoms with Gasteiger partial charge in [0.05, 0.1) is 0 Å². The molecule has 1 aliphatic rings. The molecule has 0 spiro atoms. The van der Waals surface area contributed by atoms with Crippen molar-refractivity contribution >= 4 is 11.9 Å². The van der Waals surface area contributed by atoms with Crippen LogP contribution >= 0.6 is 0 Å². The van der Waals surface area contributed by atoms with Gasteiger partial charge in [-0.25, -0.2) is 9.59 Å². The fraction of sp³-hybridized carbons (Fsp3) is 0.368. The quantitative estimate of drug-likeness (QED) is 0.645. The van der Waals surface area contributed by atoms with Gasteiger partial charge in [-0.1, -0.05) is 24.6 Å². The van der Waals surface area contributed by atoms with Crippen LogP contribution in [0.4, 0.5) is 0 Å². The molecule has 6 heteroatoms. The largest absolute Gasteiger partial charge is 0.473 e. The van der Waals surface area contributed by atoms with Crippen LogP contribution < -0.4 is 5.32 Å². The van der Waals surface area contributed by atoms with Gasteiger partial charge in [-0.3, -0.25) is 0 Å². The molecule has 1 heterocycles. The zero-order valence-corrected chi connectivity index (χ0v) is 13.9. The molecule has 6 nitrogen and oxygen atoms in total. The van der Waals surface area contributed by atoms with Crippen molar-refractivity contribution in [3.05, 3.63) is 54.4 Å². The van der Waals surface area contributed by atoms with Crippen molar-refractivity contribution < 1.29 is 19.4 Å². The predicted octanol–water partition coefficient (Wildman–Crippen LogP) is 2.51. The van der Waals surface area contributed by atoms with Crippen LogP contribution in [0.1, 0.15) is 31.4 Å². The van der Waals surface area contributed by atoms with Gasteiger partial charge in [0, 0.05) is 30.2 Å². The number of aliphatic carboxylic acids is 1. The fourth-order valence-corrected chi connectivity index (χ4v) is 3.30. The van der Waals surface area contributed by atoms with Gasteiger partial charge in [0.25, 0.3) is 0 Å². The molecule has 1 aliphatic carbocycles. The van der Waals surface area contributed by atoms with Gasteiger partial charge >= 0.3 is 11.9 Å². The first-order valence-corrected chi connectivity index (χ1v) is 8.54. The van der Waals surface area contributed by atoms with E-state index in [1.807, 2.05) is 48.7 Å². The molecule has 1 aromatic heterocycles. The monoisotopic (exact) mass is 342 g/mol. The van der Waals surface area contributed by atoms with Crippen LogP contribution in [0, 0.1) is 0 Å². The molecule has 25 heavy (non-hydrogen) atoms. The summed E-state index contributed by atoms with van der Waals surface area (Å²) in [6.07, 6.45) is 5.15. The Labute approximate surface area is 146 Å². The van der Waals surface area contributed by atoms with E-state index in [0.29, 0.717) is 13.0 Å².